The second-order valence-corrected chi connectivity index (χ2v) is 3.10. The van der Waals surface area contributed by atoms with E-state index in [1.165, 1.54) is 0 Å². The van der Waals surface area contributed by atoms with Gasteiger partial charge in [-0.1, -0.05) is 0 Å². The summed E-state index contributed by atoms with van der Waals surface area (Å²) < 4.78 is 37.3. The van der Waals surface area contributed by atoms with Crippen molar-refractivity contribution < 1.29 is 27.7 Å². The molecule has 0 heterocycles. The highest BCUT2D eigenvalue weighted by atomic mass is 31.2. The molecule has 0 rings (SSSR count). The summed E-state index contributed by atoms with van der Waals surface area (Å²) in [4.78, 5) is 16.1. The zero-order valence-electron chi connectivity index (χ0n) is 5.61. The van der Waals surface area contributed by atoms with Crippen LogP contribution in [0.25, 0.3) is 0 Å². The zero-order chi connectivity index (χ0) is 8.91. The summed E-state index contributed by atoms with van der Waals surface area (Å²) in [5, 5.41) is 0. The van der Waals surface area contributed by atoms with Crippen molar-refractivity contribution in [2.24, 2.45) is 0 Å². The standard InChI is InChI=1S/C4H9F2O4P/c5-2-1-4(6)3-10-11(7,8)9/h4H,1-3H2,(H2,7,8,9). The van der Waals surface area contributed by atoms with Gasteiger partial charge in [-0.15, -0.1) is 0 Å². The molecule has 0 aromatic rings. The van der Waals surface area contributed by atoms with Gasteiger partial charge in [-0.3, -0.25) is 8.91 Å². The van der Waals surface area contributed by atoms with Gasteiger partial charge in [0.1, 0.15) is 6.17 Å². The Hall–Kier alpha value is -0.0300. The number of rotatable bonds is 5. The van der Waals surface area contributed by atoms with Crippen molar-refractivity contribution in [3.05, 3.63) is 0 Å². The topological polar surface area (TPSA) is 66.8 Å². The third-order valence-electron chi connectivity index (χ3n) is 0.846. The molecule has 1 atom stereocenters. The SMILES string of the molecule is O=P(O)(O)OCC(F)CCF. The lowest BCUT2D eigenvalue weighted by atomic mass is 10.3. The predicted molar refractivity (Wildman–Crippen MR) is 33.5 cm³/mol. The van der Waals surface area contributed by atoms with Crippen LogP contribution >= 0.6 is 7.82 Å². The lowest BCUT2D eigenvalue weighted by molar-refractivity contribution is 0.134. The predicted octanol–water partition coefficient (Wildman–Crippen LogP) is 0.793. The summed E-state index contributed by atoms with van der Waals surface area (Å²) in [7, 11) is -4.61. The number of hydrogen-bond donors (Lipinski definition) is 2. The number of alkyl halides is 2. The Morgan fingerprint density at radius 1 is 1.55 bits per heavy atom. The molecule has 0 aliphatic rings. The highest BCUT2D eigenvalue weighted by molar-refractivity contribution is 7.46. The minimum absolute atomic E-state index is 0.403. The van der Waals surface area contributed by atoms with Crippen molar-refractivity contribution in [3.63, 3.8) is 0 Å². The first-order chi connectivity index (χ1) is 4.95. The molecule has 0 aromatic heterocycles. The molecule has 0 spiro atoms. The summed E-state index contributed by atoms with van der Waals surface area (Å²) in [5.74, 6) is 0. The van der Waals surface area contributed by atoms with Crippen molar-refractivity contribution in [3.8, 4) is 0 Å². The molecule has 0 radical (unpaired) electrons. The minimum atomic E-state index is -4.61. The maximum Gasteiger partial charge on any atom is 0.469 e. The lowest BCUT2D eigenvalue weighted by Gasteiger charge is -2.07. The molecule has 0 aromatic carbocycles. The Morgan fingerprint density at radius 2 is 2.09 bits per heavy atom. The van der Waals surface area contributed by atoms with Gasteiger partial charge in [-0.25, -0.2) is 8.96 Å². The van der Waals surface area contributed by atoms with Crippen molar-refractivity contribution in [1.29, 1.82) is 0 Å². The maximum atomic E-state index is 12.2. The first-order valence-electron chi connectivity index (χ1n) is 2.86. The van der Waals surface area contributed by atoms with Gasteiger partial charge in [-0.2, -0.15) is 0 Å². The average molecular weight is 190 g/mol. The van der Waals surface area contributed by atoms with E-state index in [-0.39, 0.29) is 0 Å². The van der Waals surface area contributed by atoms with E-state index in [9.17, 15) is 13.3 Å². The van der Waals surface area contributed by atoms with E-state index in [0.717, 1.165) is 0 Å². The smallest absolute Gasteiger partial charge is 0.303 e. The van der Waals surface area contributed by atoms with Crippen LogP contribution in [0.4, 0.5) is 8.78 Å². The van der Waals surface area contributed by atoms with E-state index in [0.29, 0.717) is 0 Å². The number of halogens is 2. The normalized spacial score (nSPS) is 14.9. The number of phosphoric acid groups is 1. The number of phosphoric ester groups is 1. The van der Waals surface area contributed by atoms with Gasteiger partial charge >= 0.3 is 7.82 Å². The quantitative estimate of drug-likeness (QED) is 0.629. The second kappa shape index (κ2) is 4.77. The summed E-state index contributed by atoms with van der Waals surface area (Å²) in [6.45, 7) is -1.64. The summed E-state index contributed by atoms with van der Waals surface area (Å²) in [6.07, 6.45) is -2.06. The van der Waals surface area contributed by atoms with Gasteiger partial charge in [0.25, 0.3) is 0 Å². The molecule has 0 aliphatic heterocycles. The van der Waals surface area contributed by atoms with E-state index in [1.807, 2.05) is 0 Å². The highest BCUT2D eigenvalue weighted by Gasteiger charge is 2.17. The van der Waals surface area contributed by atoms with E-state index < -0.39 is 33.7 Å². The first kappa shape index (κ1) is 11.0. The van der Waals surface area contributed by atoms with Crippen molar-refractivity contribution in [2.75, 3.05) is 13.3 Å². The lowest BCUT2D eigenvalue weighted by Crippen LogP contribution is -2.09. The Kier molecular flexibility index (Phi) is 4.76. The molecule has 0 aliphatic carbocycles. The Balaban J connectivity index is 3.46. The molecule has 0 bridgehead atoms. The largest absolute Gasteiger partial charge is 0.469 e. The van der Waals surface area contributed by atoms with Crippen LogP contribution in [0, 0.1) is 0 Å². The Labute approximate surface area is 62.4 Å². The fraction of sp³-hybridized carbons (Fsp3) is 1.00. The Bertz CT molecular complexity index is 147. The van der Waals surface area contributed by atoms with Crippen LogP contribution in [0.1, 0.15) is 6.42 Å². The maximum absolute atomic E-state index is 12.2. The second-order valence-electron chi connectivity index (χ2n) is 1.86. The molecule has 0 saturated carbocycles. The number of hydrogen-bond acceptors (Lipinski definition) is 2. The van der Waals surface area contributed by atoms with Crippen LogP contribution in [0.3, 0.4) is 0 Å². The van der Waals surface area contributed by atoms with Crippen molar-refractivity contribution in [2.45, 2.75) is 12.6 Å². The van der Waals surface area contributed by atoms with Crippen LogP contribution in [-0.2, 0) is 9.09 Å². The van der Waals surface area contributed by atoms with Crippen molar-refractivity contribution >= 4 is 7.82 Å². The molecule has 2 N–H and O–H groups in total. The van der Waals surface area contributed by atoms with Crippen LogP contribution in [0.5, 0.6) is 0 Å². The molecule has 7 heteroatoms. The van der Waals surface area contributed by atoms with E-state index in [2.05, 4.69) is 4.52 Å². The highest BCUT2D eigenvalue weighted by Crippen LogP contribution is 2.35. The van der Waals surface area contributed by atoms with Gasteiger partial charge in [0, 0.05) is 6.42 Å². The third kappa shape index (κ3) is 7.87. The molecule has 0 saturated heterocycles. The first-order valence-corrected chi connectivity index (χ1v) is 4.39. The monoisotopic (exact) mass is 190 g/mol. The average Bonchev–Trinajstić information content (AvgIpc) is 1.83. The van der Waals surface area contributed by atoms with Crippen molar-refractivity contribution in [1.82, 2.24) is 0 Å². The van der Waals surface area contributed by atoms with Gasteiger partial charge < -0.3 is 9.79 Å². The van der Waals surface area contributed by atoms with Gasteiger partial charge in [0.2, 0.25) is 0 Å². The molecule has 0 amide bonds. The molecular weight excluding hydrogens is 181 g/mol. The van der Waals surface area contributed by atoms with Crippen LogP contribution in [0.2, 0.25) is 0 Å². The van der Waals surface area contributed by atoms with E-state index in [1.54, 1.807) is 0 Å². The molecule has 11 heavy (non-hydrogen) atoms. The van der Waals surface area contributed by atoms with Gasteiger partial charge in [0.15, 0.2) is 0 Å². The Morgan fingerprint density at radius 3 is 2.45 bits per heavy atom. The van der Waals surface area contributed by atoms with E-state index >= 15 is 0 Å². The minimum Gasteiger partial charge on any atom is -0.303 e. The van der Waals surface area contributed by atoms with Gasteiger partial charge in [0.05, 0.1) is 13.3 Å². The van der Waals surface area contributed by atoms with E-state index in [4.69, 9.17) is 9.79 Å². The van der Waals surface area contributed by atoms with Crippen LogP contribution in [0.15, 0.2) is 0 Å². The fourth-order valence-electron chi connectivity index (χ4n) is 0.380. The van der Waals surface area contributed by atoms with Crippen LogP contribution in [-0.4, -0.2) is 29.2 Å². The van der Waals surface area contributed by atoms with Gasteiger partial charge in [-0.05, 0) is 0 Å². The summed E-state index contributed by atoms with van der Waals surface area (Å²) in [5.41, 5.74) is 0. The summed E-state index contributed by atoms with van der Waals surface area (Å²) >= 11 is 0. The molecule has 0 fully saturated rings. The molecule has 68 valence electrons. The summed E-state index contributed by atoms with van der Waals surface area (Å²) in [6, 6.07) is 0. The molecule has 1 unspecified atom stereocenters. The molecular formula is C4H9F2O4P. The zero-order valence-corrected chi connectivity index (χ0v) is 6.51. The molecule has 4 nitrogen and oxygen atoms in total. The fourth-order valence-corrected chi connectivity index (χ4v) is 0.736. The third-order valence-corrected chi connectivity index (χ3v) is 1.33. The van der Waals surface area contributed by atoms with Crippen LogP contribution < -0.4 is 0 Å².